The zero-order valence-electron chi connectivity index (χ0n) is 20.1. The van der Waals surface area contributed by atoms with E-state index < -0.39 is 12.0 Å². The molecule has 0 spiro atoms. The average molecular weight is 463 g/mol. The van der Waals surface area contributed by atoms with Gasteiger partial charge in [0.2, 0.25) is 5.91 Å². The fourth-order valence-corrected chi connectivity index (χ4v) is 4.44. The van der Waals surface area contributed by atoms with Gasteiger partial charge in [-0.2, -0.15) is 5.10 Å². The van der Waals surface area contributed by atoms with Crippen molar-refractivity contribution in [1.82, 2.24) is 15.1 Å². The van der Waals surface area contributed by atoms with E-state index in [4.69, 9.17) is 9.47 Å². The van der Waals surface area contributed by atoms with Gasteiger partial charge in [0, 0.05) is 24.1 Å². The minimum atomic E-state index is -0.837. The van der Waals surface area contributed by atoms with E-state index in [2.05, 4.69) is 15.7 Å². The highest BCUT2D eigenvalue weighted by Gasteiger charge is 2.41. The van der Waals surface area contributed by atoms with Gasteiger partial charge in [0.05, 0.1) is 19.4 Å². The van der Waals surface area contributed by atoms with Crippen LogP contribution in [0.2, 0.25) is 0 Å². The van der Waals surface area contributed by atoms with Gasteiger partial charge in [0.1, 0.15) is 11.9 Å². The van der Waals surface area contributed by atoms with E-state index in [1.165, 1.54) is 0 Å². The molecule has 2 N–H and O–H groups in total. The predicted octanol–water partition coefficient (Wildman–Crippen LogP) is 3.72. The molecule has 2 aromatic carbocycles. The van der Waals surface area contributed by atoms with Gasteiger partial charge in [-0.25, -0.2) is 0 Å². The molecule has 0 saturated heterocycles. The van der Waals surface area contributed by atoms with Crippen LogP contribution >= 0.6 is 0 Å². The van der Waals surface area contributed by atoms with Crippen LogP contribution < -0.4 is 20.1 Å². The van der Waals surface area contributed by atoms with Crippen LogP contribution in [0.15, 0.2) is 42.5 Å². The molecule has 0 unspecified atom stereocenters. The van der Waals surface area contributed by atoms with E-state index in [9.17, 15) is 9.59 Å². The number of amides is 2. The number of ether oxygens (including phenoxy) is 2. The summed E-state index contributed by atoms with van der Waals surface area (Å²) in [6.07, 6.45) is 0.874. The minimum Gasteiger partial charge on any atom is -0.493 e. The summed E-state index contributed by atoms with van der Waals surface area (Å²) in [5.74, 6) is 0.764. The Labute approximate surface area is 199 Å². The molecule has 2 amide bonds. The largest absolute Gasteiger partial charge is 0.493 e. The van der Waals surface area contributed by atoms with Gasteiger partial charge >= 0.3 is 0 Å². The lowest BCUT2D eigenvalue weighted by atomic mass is 9.81. The van der Waals surface area contributed by atoms with E-state index in [0.29, 0.717) is 29.5 Å². The van der Waals surface area contributed by atoms with E-state index in [-0.39, 0.29) is 11.8 Å². The van der Waals surface area contributed by atoms with Gasteiger partial charge in [-0.15, -0.1) is 0 Å². The van der Waals surface area contributed by atoms with Crippen molar-refractivity contribution < 1.29 is 19.1 Å². The number of benzene rings is 2. The molecule has 34 heavy (non-hydrogen) atoms. The number of hydrogen-bond acceptors (Lipinski definition) is 5. The summed E-state index contributed by atoms with van der Waals surface area (Å²) in [6, 6.07) is 12.1. The Balaban J connectivity index is 1.78. The molecule has 8 nitrogen and oxygen atoms in total. The molecule has 178 valence electrons. The summed E-state index contributed by atoms with van der Waals surface area (Å²) < 4.78 is 13.1. The molecule has 1 aromatic heterocycles. The fraction of sp³-hybridized carbons (Fsp3) is 0.346. The third kappa shape index (κ3) is 4.35. The van der Waals surface area contributed by atoms with Crippen LogP contribution in [0.25, 0.3) is 0 Å². The first-order valence-electron chi connectivity index (χ1n) is 11.4. The second-order valence-electron chi connectivity index (χ2n) is 8.52. The number of anilines is 1. The smallest absolute Gasteiger partial charge is 0.251 e. The summed E-state index contributed by atoms with van der Waals surface area (Å²) in [7, 11) is 3.38. The number of rotatable bonds is 7. The average Bonchev–Trinajstić information content (AvgIpc) is 3.10. The summed E-state index contributed by atoms with van der Waals surface area (Å²) in [5, 5.41) is 10.4. The summed E-state index contributed by atoms with van der Waals surface area (Å²) >= 11 is 0. The van der Waals surface area contributed by atoms with Crippen molar-refractivity contribution in [2.75, 3.05) is 19.0 Å². The highest BCUT2D eigenvalue weighted by atomic mass is 16.5. The molecule has 3 aromatic rings. The Bertz CT molecular complexity index is 1230. The number of nitrogens with one attached hydrogen (secondary N) is 2. The zero-order valence-corrected chi connectivity index (χ0v) is 20.1. The van der Waals surface area contributed by atoms with Crippen molar-refractivity contribution in [1.29, 1.82) is 0 Å². The molecule has 8 heteroatoms. The Kier molecular flexibility index (Phi) is 6.58. The maximum absolute atomic E-state index is 13.3. The summed E-state index contributed by atoms with van der Waals surface area (Å²) in [6.45, 7) is 6.43. The molecular formula is C26H30N4O4. The number of carbonyl (C=O) groups is 2. The maximum Gasteiger partial charge on any atom is 0.251 e. The van der Waals surface area contributed by atoms with Gasteiger partial charge in [0.15, 0.2) is 11.5 Å². The number of fused-ring (bicyclic) bond motifs is 1. The Morgan fingerprint density at radius 3 is 2.68 bits per heavy atom. The van der Waals surface area contributed by atoms with E-state index >= 15 is 0 Å². The second kappa shape index (κ2) is 9.59. The molecule has 0 bridgehead atoms. The minimum absolute atomic E-state index is 0.299. The van der Waals surface area contributed by atoms with Crippen molar-refractivity contribution in [2.24, 2.45) is 7.05 Å². The van der Waals surface area contributed by atoms with Gasteiger partial charge < -0.3 is 20.1 Å². The van der Waals surface area contributed by atoms with E-state index in [1.807, 2.05) is 51.1 Å². The molecule has 4 rings (SSSR count). The molecule has 0 aliphatic carbocycles. The number of aryl methyl sites for hydroxylation is 3. The van der Waals surface area contributed by atoms with Crippen molar-refractivity contribution in [3.8, 4) is 11.5 Å². The monoisotopic (exact) mass is 462 g/mol. The lowest BCUT2D eigenvalue weighted by Gasteiger charge is -2.33. The SMILES string of the molecule is CCCOc1ccc([C@@H]2c3c(C)nn(C)c3NC(=O)[C@@H]2NC(=O)c2cccc(C)c2)cc1OC. The van der Waals surface area contributed by atoms with Crippen molar-refractivity contribution in [3.05, 3.63) is 70.4 Å². The molecule has 0 saturated carbocycles. The molecule has 1 aliphatic heterocycles. The number of methoxy groups -OCH3 is 1. The van der Waals surface area contributed by atoms with Crippen LogP contribution in [0.4, 0.5) is 5.82 Å². The number of carbonyl (C=O) groups excluding carboxylic acids is 2. The van der Waals surface area contributed by atoms with E-state index in [0.717, 1.165) is 28.8 Å². The van der Waals surface area contributed by atoms with Crippen LogP contribution in [-0.4, -0.2) is 41.4 Å². The normalized spacial score (nSPS) is 17.0. The van der Waals surface area contributed by atoms with Gasteiger partial charge in [-0.05, 0) is 50.1 Å². The number of aromatic nitrogens is 2. The third-order valence-corrected chi connectivity index (χ3v) is 6.01. The number of nitrogens with zero attached hydrogens (tertiary/aromatic N) is 2. The van der Waals surface area contributed by atoms with Crippen LogP contribution in [0.3, 0.4) is 0 Å². The summed E-state index contributed by atoms with van der Waals surface area (Å²) in [4.78, 5) is 26.4. The zero-order chi connectivity index (χ0) is 24.4. The van der Waals surface area contributed by atoms with E-state index in [1.54, 1.807) is 31.0 Å². The van der Waals surface area contributed by atoms with Crippen molar-refractivity contribution in [3.63, 3.8) is 0 Å². The topological polar surface area (TPSA) is 94.5 Å². The standard InChI is InChI=1S/C26H30N4O4/c1-6-12-34-19-11-10-17(14-20(19)33-5)22-21-16(3)29-30(4)24(21)28-26(32)23(22)27-25(31)18-9-7-8-15(2)13-18/h7-11,13-14,22-23H,6,12H2,1-5H3,(H,27,31)(H,28,32)/t22-,23-/m1/s1. The number of hydrogen-bond donors (Lipinski definition) is 2. The van der Waals surface area contributed by atoms with Crippen LogP contribution in [0.5, 0.6) is 11.5 Å². The third-order valence-electron chi connectivity index (χ3n) is 6.01. The molecule has 2 heterocycles. The van der Waals surface area contributed by atoms with Gasteiger partial charge in [-0.3, -0.25) is 14.3 Å². The van der Waals surface area contributed by atoms with Crippen molar-refractivity contribution in [2.45, 2.75) is 39.2 Å². The molecule has 0 fully saturated rings. The Morgan fingerprint density at radius 2 is 1.97 bits per heavy atom. The molecule has 0 radical (unpaired) electrons. The van der Waals surface area contributed by atoms with Crippen LogP contribution in [0, 0.1) is 13.8 Å². The molecule has 2 atom stereocenters. The van der Waals surface area contributed by atoms with Crippen LogP contribution in [-0.2, 0) is 11.8 Å². The maximum atomic E-state index is 13.3. The van der Waals surface area contributed by atoms with Gasteiger partial charge in [0.25, 0.3) is 5.91 Å². The highest BCUT2D eigenvalue weighted by Crippen LogP contribution is 2.41. The molecule has 1 aliphatic rings. The first-order valence-corrected chi connectivity index (χ1v) is 11.4. The first kappa shape index (κ1) is 23.4. The quantitative estimate of drug-likeness (QED) is 0.558. The lowest BCUT2D eigenvalue weighted by Crippen LogP contribution is -2.50. The fourth-order valence-electron chi connectivity index (χ4n) is 4.44. The first-order chi connectivity index (χ1) is 16.3. The lowest BCUT2D eigenvalue weighted by molar-refractivity contribution is -0.118. The van der Waals surface area contributed by atoms with Crippen molar-refractivity contribution >= 4 is 17.6 Å². The van der Waals surface area contributed by atoms with Gasteiger partial charge in [-0.1, -0.05) is 30.7 Å². The molecular weight excluding hydrogens is 432 g/mol. The van der Waals surface area contributed by atoms with Crippen LogP contribution in [0.1, 0.15) is 52.0 Å². The Hall–Kier alpha value is -3.81. The Morgan fingerprint density at radius 1 is 1.18 bits per heavy atom. The second-order valence-corrected chi connectivity index (χ2v) is 8.52. The predicted molar refractivity (Wildman–Crippen MR) is 130 cm³/mol. The summed E-state index contributed by atoms with van der Waals surface area (Å²) in [5.41, 5.74) is 3.93. The highest BCUT2D eigenvalue weighted by molar-refractivity contribution is 6.04.